The van der Waals surface area contributed by atoms with E-state index in [0.29, 0.717) is 6.54 Å². The van der Waals surface area contributed by atoms with Gasteiger partial charge >= 0.3 is 5.97 Å². The molecule has 0 aliphatic carbocycles. The van der Waals surface area contributed by atoms with E-state index in [1.54, 1.807) is 24.3 Å². The minimum absolute atomic E-state index is 0.180. The molecular weight excluding hydrogens is 414 g/mol. The van der Waals surface area contributed by atoms with Crippen molar-refractivity contribution in [3.8, 4) is 11.3 Å². The molecule has 1 aromatic carbocycles. The van der Waals surface area contributed by atoms with Gasteiger partial charge in [-0.05, 0) is 31.2 Å². The maximum absolute atomic E-state index is 13.0. The average molecular weight is 436 g/mol. The SMILES string of the molecule is CCOC(=O)C1=NN(c2ccccc2)C(C(=O)NCc2nc(-c3ccncc3)cs2)C1. The maximum Gasteiger partial charge on any atom is 0.354 e. The molecule has 31 heavy (non-hydrogen) atoms. The average Bonchev–Trinajstić information content (AvgIpc) is 3.47. The molecule has 0 fully saturated rings. The summed E-state index contributed by atoms with van der Waals surface area (Å²) in [6, 6.07) is 12.4. The van der Waals surface area contributed by atoms with Gasteiger partial charge in [-0.1, -0.05) is 18.2 Å². The van der Waals surface area contributed by atoms with Gasteiger partial charge in [0.15, 0.2) is 0 Å². The Labute approximate surface area is 183 Å². The van der Waals surface area contributed by atoms with Crippen LogP contribution in [0, 0.1) is 0 Å². The lowest BCUT2D eigenvalue weighted by Gasteiger charge is -2.22. The summed E-state index contributed by atoms with van der Waals surface area (Å²) >= 11 is 1.48. The first-order valence-corrected chi connectivity index (χ1v) is 10.7. The second-order valence-electron chi connectivity index (χ2n) is 6.75. The van der Waals surface area contributed by atoms with Gasteiger partial charge < -0.3 is 10.1 Å². The highest BCUT2D eigenvalue weighted by atomic mass is 32.1. The van der Waals surface area contributed by atoms with Gasteiger partial charge in [0.1, 0.15) is 16.8 Å². The molecule has 0 bridgehead atoms. The van der Waals surface area contributed by atoms with Crippen LogP contribution in [0.4, 0.5) is 5.69 Å². The number of esters is 1. The normalized spacial score (nSPS) is 15.5. The molecule has 3 aromatic rings. The first kappa shape index (κ1) is 20.7. The fourth-order valence-electron chi connectivity index (χ4n) is 3.20. The molecule has 1 aliphatic heterocycles. The van der Waals surface area contributed by atoms with Crippen molar-refractivity contribution in [2.24, 2.45) is 5.10 Å². The summed E-state index contributed by atoms with van der Waals surface area (Å²) in [4.78, 5) is 33.8. The first-order chi connectivity index (χ1) is 15.2. The number of thiazole rings is 1. The molecule has 1 N–H and O–H groups in total. The third-order valence-corrected chi connectivity index (χ3v) is 5.54. The predicted molar refractivity (Wildman–Crippen MR) is 119 cm³/mol. The van der Waals surface area contributed by atoms with E-state index in [-0.39, 0.29) is 24.6 Å². The highest BCUT2D eigenvalue weighted by Crippen LogP contribution is 2.25. The van der Waals surface area contributed by atoms with Crippen LogP contribution in [0.25, 0.3) is 11.3 Å². The number of hydrogen-bond acceptors (Lipinski definition) is 8. The van der Waals surface area contributed by atoms with Crippen molar-refractivity contribution < 1.29 is 14.3 Å². The largest absolute Gasteiger partial charge is 0.461 e. The fraction of sp³-hybridized carbons (Fsp3) is 0.227. The number of ether oxygens (including phenoxy) is 1. The van der Waals surface area contributed by atoms with E-state index in [1.165, 1.54) is 11.3 Å². The number of carbonyl (C=O) groups is 2. The molecule has 3 heterocycles. The summed E-state index contributed by atoms with van der Waals surface area (Å²) in [5, 5.41) is 11.6. The van der Waals surface area contributed by atoms with Crippen LogP contribution in [0.1, 0.15) is 18.4 Å². The molecule has 158 valence electrons. The molecule has 1 atom stereocenters. The topological polar surface area (TPSA) is 96.8 Å². The molecule has 1 amide bonds. The minimum Gasteiger partial charge on any atom is -0.461 e. The number of hydrazone groups is 1. The standard InChI is InChI=1S/C22H21N5O3S/c1-2-30-22(29)17-12-19(27(26-17)16-6-4-3-5-7-16)21(28)24-13-20-25-18(14-31-20)15-8-10-23-11-9-15/h3-11,14,19H,2,12-13H2,1H3,(H,24,28). The van der Waals surface area contributed by atoms with Crippen LogP contribution < -0.4 is 10.3 Å². The van der Waals surface area contributed by atoms with Gasteiger partial charge in [-0.15, -0.1) is 11.3 Å². The summed E-state index contributed by atoms with van der Waals surface area (Å²) in [7, 11) is 0. The molecule has 4 rings (SSSR count). The molecule has 2 aromatic heterocycles. The smallest absolute Gasteiger partial charge is 0.354 e. The molecule has 0 saturated heterocycles. The van der Waals surface area contributed by atoms with Gasteiger partial charge in [0, 0.05) is 29.8 Å². The Kier molecular flexibility index (Phi) is 6.32. The number of carbonyl (C=O) groups excluding carboxylic acids is 2. The van der Waals surface area contributed by atoms with Gasteiger partial charge in [-0.25, -0.2) is 9.78 Å². The minimum atomic E-state index is -0.638. The fourth-order valence-corrected chi connectivity index (χ4v) is 3.94. The Balaban J connectivity index is 1.45. The Morgan fingerprint density at radius 2 is 1.97 bits per heavy atom. The Hall–Kier alpha value is -3.59. The number of anilines is 1. The molecule has 0 spiro atoms. The summed E-state index contributed by atoms with van der Waals surface area (Å²) in [6.07, 6.45) is 3.62. The molecule has 8 nitrogen and oxygen atoms in total. The first-order valence-electron chi connectivity index (χ1n) is 9.87. The van der Waals surface area contributed by atoms with E-state index in [1.807, 2.05) is 47.8 Å². The van der Waals surface area contributed by atoms with Gasteiger partial charge in [0.05, 0.1) is 24.5 Å². The van der Waals surface area contributed by atoms with E-state index in [4.69, 9.17) is 4.74 Å². The van der Waals surface area contributed by atoms with Crippen molar-refractivity contribution in [2.45, 2.75) is 25.9 Å². The summed E-state index contributed by atoms with van der Waals surface area (Å²) in [6.45, 7) is 2.28. The number of benzene rings is 1. The number of pyridine rings is 1. The zero-order valence-corrected chi connectivity index (χ0v) is 17.7. The summed E-state index contributed by atoms with van der Waals surface area (Å²) in [5.74, 6) is -0.729. The van der Waals surface area contributed by atoms with Gasteiger partial charge in [0.2, 0.25) is 5.91 Å². The Morgan fingerprint density at radius 1 is 1.19 bits per heavy atom. The van der Waals surface area contributed by atoms with Gasteiger partial charge in [-0.2, -0.15) is 5.10 Å². The van der Waals surface area contributed by atoms with E-state index < -0.39 is 12.0 Å². The second-order valence-corrected chi connectivity index (χ2v) is 7.69. The van der Waals surface area contributed by atoms with Crippen LogP contribution >= 0.6 is 11.3 Å². The second kappa shape index (κ2) is 9.48. The Morgan fingerprint density at radius 3 is 2.71 bits per heavy atom. The highest BCUT2D eigenvalue weighted by molar-refractivity contribution is 7.09. The van der Waals surface area contributed by atoms with E-state index in [0.717, 1.165) is 22.0 Å². The van der Waals surface area contributed by atoms with Crippen LogP contribution in [0.5, 0.6) is 0 Å². The van der Waals surface area contributed by atoms with Crippen molar-refractivity contribution in [2.75, 3.05) is 11.6 Å². The van der Waals surface area contributed by atoms with E-state index in [2.05, 4.69) is 20.4 Å². The highest BCUT2D eigenvalue weighted by Gasteiger charge is 2.36. The number of nitrogens with one attached hydrogen (secondary N) is 1. The summed E-state index contributed by atoms with van der Waals surface area (Å²) < 4.78 is 5.07. The monoisotopic (exact) mass is 435 g/mol. The van der Waals surface area contributed by atoms with Crippen LogP contribution in [0.15, 0.2) is 65.3 Å². The molecule has 1 aliphatic rings. The molecule has 0 saturated carbocycles. The lowest BCUT2D eigenvalue weighted by molar-refractivity contribution is -0.135. The third kappa shape index (κ3) is 4.77. The number of rotatable bonds is 7. The van der Waals surface area contributed by atoms with Crippen molar-refractivity contribution in [3.05, 3.63) is 65.2 Å². The number of hydrogen-bond donors (Lipinski definition) is 1. The number of amides is 1. The molecule has 0 radical (unpaired) electrons. The third-order valence-electron chi connectivity index (χ3n) is 4.69. The maximum atomic E-state index is 13.0. The van der Waals surface area contributed by atoms with E-state index in [9.17, 15) is 9.59 Å². The quantitative estimate of drug-likeness (QED) is 0.573. The Bertz CT molecular complexity index is 1080. The number of para-hydroxylation sites is 1. The van der Waals surface area contributed by atoms with Crippen molar-refractivity contribution >= 4 is 34.6 Å². The van der Waals surface area contributed by atoms with Crippen molar-refractivity contribution in [1.29, 1.82) is 0 Å². The molecule has 9 heteroatoms. The lowest BCUT2D eigenvalue weighted by Crippen LogP contribution is -2.42. The summed E-state index contributed by atoms with van der Waals surface area (Å²) in [5.41, 5.74) is 2.79. The lowest BCUT2D eigenvalue weighted by atomic mass is 10.1. The van der Waals surface area contributed by atoms with Crippen molar-refractivity contribution in [1.82, 2.24) is 15.3 Å². The molecular formula is C22H21N5O3S. The van der Waals surface area contributed by atoms with Crippen molar-refractivity contribution in [3.63, 3.8) is 0 Å². The van der Waals surface area contributed by atoms with Crippen LogP contribution in [0.3, 0.4) is 0 Å². The van der Waals surface area contributed by atoms with Gasteiger partial charge in [-0.3, -0.25) is 14.8 Å². The van der Waals surface area contributed by atoms with E-state index >= 15 is 0 Å². The van der Waals surface area contributed by atoms with Gasteiger partial charge in [0.25, 0.3) is 0 Å². The van der Waals surface area contributed by atoms with Crippen LogP contribution in [-0.4, -0.2) is 40.2 Å². The zero-order chi connectivity index (χ0) is 21.6. The number of aromatic nitrogens is 2. The van der Waals surface area contributed by atoms with Crippen LogP contribution in [0.2, 0.25) is 0 Å². The molecule has 1 unspecified atom stereocenters. The number of nitrogens with zero attached hydrogens (tertiary/aromatic N) is 4. The zero-order valence-electron chi connectivity index (χ0n) is 16.9. The van der Waals surface area contributed by atoms with Crippen LogP contribution in [-0.2, 0) is 20.9 Å². The predicted octanol–water partition coefficient (Wildman–Crippen LogP) is 3.02.